The van der Waals surface area contributed by atoms with Crippen LogP contribution < -0.4 is 0 Å². The van der Waals surface area contributed by atoms with Gasteiger partial charge in [-0.3, -0.25) is 24.0 Å². The molecule has 0 N–H and O–H groups in total. The van der Waals surface area contributed by atoms with E-state index in [9.17, 15) is 28.8 Å². The molecule has 0 saturated carbocycles. The molecule has 33 heavy (non-hydrogen) atoms. The molecule has 5 atom stereocenters. The standard InChI is InChI=1S/C19H24ClNO12/c1-9(22)28-8-14(30-11(3)24)16-15(31-12(4)25)13(29-10(2)23)7-19(32-16)17(26)21(6-5-20)18(27)33-19/h13-16H,5-8H2,1-4H3/t13-,14-,15-,16-,19+/m1/s1. The van der Waals surface area contributed by atoms with Crippen molar-refractivity contribution in [1.29, 1.82) is 0 Å². The van der Waals surface area contributed by atoms with Gasteiger partial charge in [0.2, 0.25) is 0 Å². The molecule has 2 rings (SSSR count). The van der Waals surface area contributed by atoms with E-state index in [4.69, 9.17) is 40.0 Å². The van der Waals surface area contributed by atoms with Crippen LogP contribution in [0.15, 0.2) is 0 Å². The minimum atomic E-state index is -2.29. The monoisotopic (exact) mass is 493 g/mol. The fourth-order valence-electron chi connectivity index (χ4n) is 3.49. The summed E-state index contributed by atoms with van der Waals surface area (Å²) in [4.78, 5) is 72.6. The first kappa shape index (κ1) is 26.3. The number of halogens is 1. The number of hydrogen-bond acceptors (Lipinski definition) is 12. The smallest absolute Gasteiger partial charge is 0.419 e. The van der Waals surface area contributed by atoms with Crippen LogP contribution in [0, 0.1) is 0 Å². The fourth-order valence-corrected chi connectivity index (χ4v) is 3.66. The minimum absolute atomic E-state index is 0.0910. The molecule has 0 aromatic rings. The second kappa shape index (κ2) is 10.8. The molecule has 0 bridgehead atoms. The van der Waals surface area contributed by atoms with Crippen LogP contribution in [0.5, 0.6) is 0 Å². The Morgan fingerprint density at radius 1 is 1.06 bits per heavy atom. The Morgan fingerprint density at radius 3 is 2.21 bits per heavy atom. The maximum Gasteiger partial charge on any atom is 0.419 e. The summed E-state index contributed by atoms with van der Waals surface area (Å²) in [6.45, 7) is 3.56. The van der Waals surface area contributed by atoms with Gasteiger partial charge in [0.05, 0.1) is 6.42 Å². The molecule has 0 aromatic carbocycles. The third-order valence-corrected chi connectivity index (χ3v) is 4.76. The minimum Gasteiger partial charge on any atom is -0.462 e. The summed E-state index contributed by atoms with van der Waals surface area (Å²) >= 11 is 5.65. The molecule has 13 nitrogen and oxygen atoms in total. The maximum atomic E-state index is 13.1. The van der Waals surface area contributed by atoms with E-state index in [1.807, 2.05) is 0 Å². The van der Waals surface area contributed by atoms with E-state index in [1.54, 1.807) is 0 Å². The van der Waals surface area contributed by atoms with Crippen molar-refractivity contribution in [2.24, 2.45) is 0 Å². The topological polar surface area (TPSA) is 161 Å². The van der Waals surface area contributed by atoms with Crippen molar-refractivity contribution in [3.05, 3.63) is 0 Å². The van der Waals surface area contributed by atoms with E-state index >= 15 is 0 Å². The summed E-state index contributed by atoms with van der Waals surface area (Å²) in [6, 6.07) is 0. The van der Waals surface area contributed by atoms with Crippen molar-refractivity contribution in [2.75, 3.05) is 19.0 Å². The molecule has 0 unspecified atom stereocenters. The molecule has 14 heteroatoms. The molecule has 0 aromatic heterocycles. The number of hydrogen-bond donors (Lipinski definition) is 0. The number of carbonyl (C=O) groups is 6. The van der Waals surface area contributed by atoms with Crippen molar-refractivity contribution >= 4 is 47.5 Å². The highest BCUT2D eigenvalue weighted by molar-refractivity contribution is 6.18. The van der Waals surface area contributed by atoms with Crippen LogP contribution in [0.25, 0.3) is 0 Å². The third kappa shape index (κ3) is 6.32. The van der Waals surface area contributed by atoms with Crippen molar-refractivity contribution in [1.82, 2.24) is 4.90 Å². The first-order chi connectivity index (χ1) is 15.4. The van der Waals surface area contributed by atoms with Crippen LogP contribution >= 0.6 is 11.6 Å². The lowest BCUT2D eigenvalue weighted by Gasteiger charge is -2.44. The fraction of sp³-hybridized carbons (Fsp3) is 0.684. The molecule has 2 saturated heterocycles. The van der Waals surface area contributed by atoms with Crippen LogP contribution in [-0.4, -0.2) is 90.0 Å². The van der Waals surface area contributed by atoms with Gasteiger partial charge in [0.1, 0.15) is 18.8 Å². The Hall–Kier alpha value is -2.93. The number of alkyl halides is 1. The Morgan fingerprint density at radius 2 is 1.70 bits per heavy atom. The SMILES string of the molecule is CC(=O)OC[C@@H](OC(C)=O)[C@H]1O[C@@]2(C[C@@H](OC(C)=O)[C@H]1OC(C)=O)OC(=O)N(CCCl)C2=O. The molecule has 0 radical (unpaired) electrons. The Balaban J connectivity index is 2.53. The second-order valence-electron chi connectivity index (χ2n) is 7.23. The van der Waals surface area contributed by atoms with Gasteiger partial charge in [-0.2, -0.15) is 0 Å². The Bertz CT molecular complexity index is 832. The Labute approximate surface area is 193 Å². The van der Waals surface area contributed by atoms with Gasteiger partial charge in [0.25, 0.3) is 0 Å². The first-order valence-electron chi connectivity index (χ1n) is 9.84. The van der Waals surface area contributed by atoms with E-state index in [0.717, 1.165) is 27.7 Å². The zero-order valence-corrected chi connectivity index (χ0v) is 19.1. The van der Waals surface area contributed by atoms with Crippen LogP contribution in [0.4, 0.5) is 4.79 Å². The van der Waals surface area contributed by atoms with E-state index in [-0.39, 0.29) is 12.4 Å². The second-order valence-corrected chi connectivity index (χ2v) is 7.60. The van der Waals surface area contributed by atoms with E-state index in [2.05, 4.69) is 0 Å². The molecular formula is C19H24ClNO12. The van der Waals surface area contributed by atoms with Gasteiger partial charge >= 0.3 is 41.7 Å². The molecule has 2 heterocycles. The summed E-state index contributed by atoms with van der Waals surface area (Å²) in [5, 5.41) is 0. The van der Waals surface area contributed by atoms with Crippen LogP contribution in [0.1, 0.15) is 34.1 Å². The van der Waals surface area contributed by atoms with E-state index < -0.39 is 79.1 Å². The lowest BCUT2D eigenvalue weighted by atomic mass is 9.91. The summed E-state index contributed by atoms with van der Waals surface area (Å²) in [6.07, 6.45) is -7.32. The lowest BCUT2D eigenvalue weighted by molar-refractivity contribution is -0.297. The average molecular weight is 494 g/mol. The summed E-state index contributed by atoms with van der Waals surface area (Å²) in [7, 11) is 0. The van der Waals surface area contributed by atoms with Crippen LogP contribution in [-0.2, 0) is 52.4 Å². The quantitative estimate of drug-likeness (QED) is 0.254. The highest BCUT2D eigenvalue weighted by Crippen LogP contribution is 2.40. The molecule has 2 amide bonds. The highest BCUT2D eigenvalue weighted by atomic mass is 35.5. The van der Waals surface area contributed by atoms with Crippen molar-refractivity contribution < 1.29 is 57.2 Å². The zero-order valence-electron chi connectivity index (χ0n) is 18.4. The molecule has 2 aliphatic heterocycles. The van der Waals surface area contributed by atoms with Gasteiger partial charge in [0.15, 0.2) is 12.2 Å². The molecule has 0 aliphatic carbocycles. The summed E-state index contributed by atoms with van der Waals surface area (Å²) in [5.41, 5.74) is 0. The first-order valence-corrected chi connectivity index (χ1v) is 10.4. The molecule has 184 valence electrons. The predicted molar refractivity (Wildman–Crippen MR) is 104 cm³/mol. The average Bonchev–Trinajstić information content (AvgIpc) is 2.90. The van der Waals surface area contributed by atoms with Gasteiger partial charge in [-0.15, -0.1) is 11.6 Å². The molecule has 2 aliphatic rings. The summed E-state index contributed by atoms with van der Waals surface area (Å²) in [5.74, 6) is -6.48. The zero-order chi connectivity index (χ0) is 24.9. The van der Waals surface area contributed by atoms with Crippen molar-refractivity contribution in [2.45, 2.75) is 64.3 Å². The predicted octanol–water partition coefficient (Wildman–Crippen LogP) is 0.0474. The molecular weight excluding hydrogens is 470 g/mol. The van der Waals surface area contributed by atoms with Crippen molar-refractivity contribution in [3.8, 4) is 0 Å². The van der Waals surface area contributed by atoms with Gasteiger partial charge in [-0.05, 0) is 0 Å². The number of imide groups is 1. The maximum absolute atomic E-state index is 13.1. The normalized spacial score (nSPS) is 27.5. The van der Waals surface area contributed by atoms with Crippen LogP contribution in [0.2, 0.25) is 0 Å². The number of esters is 4. The Kier molecular flexibility index (Phi) is 8.61. The summed E-state index contributed by atoms with van der Waals surface area (Å²) < 4.78 is 31.6. The van der Waals surface area contributed by atoms with Gasteiger partial charge in [-0.25, -0.2) is 9.69 Å². The van der Waals surface area contributed by atoms with Crippen molar-refractivity contribution in [3.63, 3.8) is 0 Å². The number of ether oxygens (including phenoxy) is 6. The van der Waals surface area contributed by atoms with Gasteiger partial charge < -0.3 is 28.4 Å². The molecule has 1 spiro atoms. The number of carbonyl (C=O) groups excluding carboxylic acids is 6. The lowest BCUT2D eigenvalue weighted by Crippen LogP contribution is -2.64. The molecule has 2 fully saturated rings. The largest absolute Gasteiger partial charge is 0.462 e. The third-order valence-electron chi connectivity index (χ3n) is 4.59. The number of amides is 2. The van der Waals surface area contributed by atoms with Gasteiger partial charge in [-0.1, -0.05) is 0 Å². The van der Waals surface area contributed by atoms with E-state index in [1.165, 1.54) is 0 Å². The highest BCUT2D eigenvalue weighted by Gasteiger charge is 2.64. The number of rotatable bonds is 8. The van der Waals surface area contributed by atoms with Gasteiger partial charge in [0, 0.05) is 40.1 Å². The van der Waals surface area contributed by atoms with Crippen LogP contribution in [0.3, 0.4) is 0 Å². The van der Waals surface area contributed by atoms with E-state index in [0.29, 0.717) is 4.90 Å². The number of nitrogens with zero attached hydrogens (tertiary/aromatic N) is 1.